The first-order valence-corrected chi connectivity index (χ1v) is 6.87. The lowest BCUT2D eigenvalue weighted by Crippen LogP contribution is -2.05. The summed E-state index contributed by atoms with van der Waals surface area (Å²) in [5.41, 5.74) is 1.71. The van der Waals surface area contributed by atoms with E-state index >= 15 is 0 Å². The summed E-state index contributed by atoms with van der Waals surface area (Å²) in [6.45, 7) is 2.12. The van der Waals surface area contributed by atoms with Gasteiger partial charge in [0.15, 0.2) is 0 Å². The molecule has 17 heavy (non-hydrogen) atoms. The van der Waals surface area contributed by atoms with E-state index < -0.39 is 0 Å². The summed E-state index contributed by atoms with van der Waals surface area (Å²) in [5.74, 6) is 0. The van der Waals surface area contributed by atoms with Crippen molar-refractivity contribution in [1.29, 1.82) is 5.26 Å². The molecule has 0 aliphatic carbocycles. The molecule has 4 heteroatoms. The third-order valence-electron chi connectivity index (χ3n) is 2.44. The van der Waals surface area contributed by atoms with Gasteiger partial charge in [0.2, 0.25) is 0 Å². The first-order chi connectivity index (χ1) is 8.20. The first-order valence-electron chi connectivity index (χ1n) is 5.20. The second-order valence-corrected chi connectivity index (χ2v) is 5.49. The predicted molar refractivity (Wildman–Crippen MR) is 75.2 cm³/mol. The molecule has 1 unspecified atom stereocenters. The van der Waals surface area contributed by atoms with Crippen LogP contribution in [0.15, 0.2) is 40.2 Å². The van der Waals surface area contributed by atoms with Gasteiger partial charge < -0.3 is 5.32 Å². The Hall–Kier alpha value is -1.31. The highest BCUT2D eigenvalue weighted by atomic mass is 79.9. The maximum atomic E-state index is 8.72. The van der Waals surface area contributed by atoms with Crippen molar-refractivity contribution in [3.63, 3.8) is 0 Å². The highest BCUT2D eigenvalue weighted by Crippen LogP contribution is 2.30. The number of rotatable bonds is 3. The predicted octanol–water partition coefficient (Wildman–Crippen LogP) is 4.56. The van der Waals surface area contributed by atoms with Crippen molar-refractivity contribution in [3.05, 3.63) is 50.6 Å². The summed E-state index contributed by atoms with van der Waals surface area (Å²) in [6.07, 6.45) is 0. The van der Waals surface area contributed by atoms with Gasteiger partial charge in [0.05, 0.1) is 17.7 Å². The largest absolute Gasteiger partial charge is 0.378 e. The Morgan fingerprint density at radius 1 is 1.29 bits per heavy atom. The van der Waals surface area contributed by atoms with E-state index in [1.807, 2.05) is 24.3 Å². The molecule has 0 radical (unpaired) electrons. The normalized spacial score (nSPS) is 11.8. The van der Waals surface area contributed by atoms with E-state index in [4.69, 9.17) is 5.26 Å². The minimum absolute atomic E-state index is 0.248. The SMILES string of the molecule is CC(Nc1ccc(C#N)cc1)c1sccc1Br. The smallest absolute Gasteiger partial charge is 0.0991 e. The highest BCUT2D eigenvalue weighted by molar-refractivity contribution is 9.10. The molecule has 0 aliphatic rings. The zero-order valence-corrected chi connectivity index (χ0v) is 11.7. The van der Waals surface area contributed by atoms with Crippen LogP contribution in [0.5, 0.6) is 0 Å². The second-order valence-electron chi connectivity index (χ2n) is 3.69. The number of nitrogens with one attached hydrogen (secondary N) is 1. The minimum atomic E-state index is 0.248. The molecule has 0 aliphatic heterocycles. The Morgan fingerprint density at radius 3 is 2.53 bits per heavy atom. The van der Waals surface area contributed by atoms with Gasteiger partial charge in [-0.1, -0.05) is 0 Å². The zero-order valence-electron chi connectivity index (χ0n) is 9.27. The maximum Gasteiger partial charge on any atom is 0.0991 e. The molecule has 0 saturated heterocycles. The summed E-state index contributed by atoms with van der Waals surface area (Å²) in [5, 5.41) is 14.2. The molecule has 1 aromatic carbocycles. The van der Waals surface area contributed by atoms with Crippen molar-refractivity contribution in [1.82, 2.24) is 0 Å². The molecule has 0 fully saturated rings. The fraction of sp³-hybridized carbons (Fsp3) is 0.154. The topological polar surface area (TPSA) is 35.8 Å². The van der Waals surface area contributed by atoms with Crippen LogP contribution in [0.2, 0.25) is 0 Å². The molecule has 0 spiro atoms. The number of halogens is 1. The molecule has 86 valence electrons. The Bertz CT molecular complexity index is 539. The lowest BCUT2D eigenvalue weighted by Gasteiger charge is -2.14. The van der Waals surface area contributed by atoms with Crippen molar-refractivity contribution >= 4 is 33.0 Å². The van der Waals surface area contributed by atoms with Gasteiger partial charge >= 0.3 is 0 Å². The Kier molecular flexibility index (Phi) is 3.82. The highest BCUT2D eigenvalue weighted by Gasteiger charge is 2.10. The maximum absolute atomic E-state index is 8.72. The molecular formula is C13H11BrN2S. The quantitative estimate of drug-likeness (QED) is 0.902. The fourth-order valence-corrected chi connectivity index (χ4v) is 3.30. The van der Waals surface area contributed by atoms with Crippen molar-refractivity contribution in [2.45, 2.75) is 13.0 Å². The molecule has 2 aromatic rings. The van der Waals surface area contributed by atoms with E-state index in [1.54, 1.807) is 11.3 Å². The third kappa shape index (κ3) is 2.87. The number of nitrogens with zero attached hydrogens (tertiary/aromatic N) is 1. The number of hydrogen-bond acceptors (Lipinski definition) is 3. The van der Waals surface area contributed by atoms with Crippen molar-refractivity contribution in [2.75, 3.05) is 5.32 Å². The Balaban J connectivity index is 2.11. The van der Waals surface area contributed by atoms with Crippen molar-refractivity contribution in [2.24, 2.45) is 0 Å². The van der Waals surface area contributed by atoms with Gasteiger partial charge in [0.1, 0.15) is 0 Å². The van der Waals surface area contributed by atoms with Crippen molar-refractivity contribution < 1.29 is 0 Å². The van der Waals surface area contributed by atoms with Gasteiger partial charge in [-0.05, 0) is 58.6 Å². The Labute approximate surface area is 113 Å². The lowest BCUT2D eigenvalue weighted by molar-refractivity contribution is 0.903. The Morgan fingerprint density at radius 2 is 2.00 bits per heavy atom. The fourth-order valence-electron chi connectivity index (χ4n) is 1.57. The molecule has 1 N–H and O–H groups in total. The van der Waals surface area contributed by atoms with E-state index in [0.717, 1.165) is 10.2 Å². The van der Waals surface area contributed by atoms with Gasteiger partial charge in [0.25, 0.3) is 0 Å². The third-order valence-corrected chi connectivity index (χ3v) is 4.49. The van der Waals surface area contributed by atoms with Gasteiger partial charge in [-0.3, -0.25) is 0 Å². The van der Waals surface area contributed by atoms with Crippen LogP contribution in [0.1, 0.15) is 23.4 Å². The molecular weight excluding hydrogens is 296 g/mol. The molecule has 1 atom stereocenters. The molecule has 0 amide bonds. The molecule has 2 rings (SSSR count). The molecule has 2 nitrogen and oxygen atoms in total. The number of anilines is 1. The van der Waals surface area contributed by atoms with Crippen LogP contribution in [0.4, 0.5) is 5.69 Å². The van der Waals surface area contributed by atoms with E-state index in [9.17, 15) is 0 Å². The molecule has 1 heterocycles. The number of benzene rings is 1. The molecule has 1 aromatic heterocycles. The summed E-state index contributed by atoms with van der Waals surface area (Å²) in [6, 6.07) is 11.9. The van der Waals surface area contributed by atoms with E-state index in [0.29, 0.717) is 5.56 Å². The van der Waals surface area contributed by atoms with E-state index in [-0.39, 0.29) is 6.04 Å². The second kappa shape index (κ2) is 5.35. The summed E-state index contributed by atoms with van der Waals surface area (Å²) in [7, 11) is 0. The van der Waals surface area contributed by atoms with Crippen LogP contribution >= 0.6 is 27.3 Å². The minimum Gasteiger partial charge on any atom is -0.378 e. The van der Waals surface area contributed by atoms with Gasteiger partial charge in [-0.15, -0.1) is 11.3 Å². The van der Waals surface area contributed by atoms with Gasteiger partial charge in [0, 0.05) is 15.0 Å². The van der Waals surface area contributed by atoms with Crippen LogP contribution in [0.3, 0.4) is 0 Å². The van der Waals surface area contributed by atoms with Crippen LogP contribution in [0, 0.1) is 11.3 Å². The number of nitriles is 1. The summed E-state index contributed by atoms with van der Waals surface area (Å²) < 4.78 is 1.14. The van der Waals surface area contributed by atoms with Crippen LogP contribution in [-0.2, 0) is 0 Å². The molecule has 0 bridgehead atoms. The zero-order chi connectivity index (χ0) is 12.3. The van der Waals surface area contributed by atoms with E-state index in [1.165, 1.54) is 4.88 Å². The summed E-state index contributed by atoms with van der Waals surface area (Å²) in [4.78, 5) is 1.27. The standard InChI is InChI=1S/C13H11BrN2S/c1-9(13-12(14)6-7-17-13)16-11-4-2-10(8-15)3-5-11/h2-7,9,16H,1H3. The van der Waals surface area contributed by atoms with Crippen molar-refractivity contribution in [3.8, 4) is 6.07 Å². The average molecular weight is 307 g/mol. The average Bonchev–Trinajstić information content (AvgIpc) is 2.76. The van der Waals surface area contributed by atoms with Crippen LogP contribution < -0.4 is 5.32 Å². The monoisotopic (exact) mass is 306 g/mol. The van der Waals surface area contributed by atoms with Gasteiger partial charge in [-0.25, -0.2) is 0 Å². The molecule has 0 saturated carbocycles. The number of hydrogen-bond donors (Lipinski definition) is 1. The summed E-state index contributed by atoms with van der Waals surface area (Å²) >= 11 is 5.25. The van der Waals surface area contributed by atoms with Crippen LogP contribution in [-0.4, -0.2) is 0 Å². The number of thiophene rings is 1. The van der Waals surface area contributed by atoms with Gasteiger partial charge in [-0.2, -0.15) is 5.26 Å². The first kappa shape index (κ1) is 12.2. The van der Waals surface area contributed by atoms with E-state index in [2.05, 4.69) is 45.7 Å². The van der Waals surface area contributed by atoms with Crippen LogP contribution in [0.25, 0.3) is 0 Å². The lowest BCUT2D eigenvalue weighted by atomic mass is 10.2.